The first-order valence-electron chi connectivity index (χ1n) is 6.01. The van der Waals surface area contributed by atoms with Gasteiger partial charge in [-0.1, -0.05) is 18.2 Å². The summed E-state index contributed by atoms with van der Waals surface area (Å²) >= 11 is 0. The van der Waals surface area contributed by atoms with Crippen LogP contribution >= 0.6 is 0 Å². The summed E-state index contributed by atoms with van der Waals surface area (Å²) in [5.74, 6) is -0.605. The Bertz CT molecular complexity index is 638. The van der Waals surface area contributed by atoms with Crippen molar-refractivity contribution >= 4 is 0 Å². The molecule has 0 aromatic heterocycles. The Hall–Kier alpha value is -2.08. The maximum atomic E-state index is 13.1. The highest BCUT2D eigenvalue weighted by Crippen LogP contribution is 2.37. The molecule has 0 amide bonds. The normalized spacial score (nSPS) is 13.0. The van der Waals surface area contributed by atoms with E-state index in [2.05, 4.69) is 0 Å². The van der Waals surface area contributed by atoms with E-state index in [0.717, 1.165) is 12.1 Å². The van der Waals surface area contributed by atoms with Crippen LogP contribution in [0.4, 0.5) is 17.6 Å². The van der Waals surface area contributed by atoms with Crippen molar-refractivity contribution in [3.8, 4) is 5.75 Å². The summed E-state index contributed by atoms with van der Waals surface area (Å²) in [6.45, 7) is 0. The average molecular weight is 300 g/mol. The monoisotopic (exact) mass is 300 g/mol. The number of halogens is 4. The van der Waals surface area contributed by atoms with Crippen LogP contribution in [0.25, 0.3) is 0 Å². The smallest absolute Gasteiger partial charge is 0.416 e. The van der Waals surface area contributed by atoms with Gasteiger partial charge in [-0.05, 0) is 35.4 Å². The first-order valence-corrected chi connectivity index (χ1v) is 6.01. The van der Waals surface area contributed by atoms with Gasteiger partial charge < -0.3 is 9.84 Å². The first-order chi connectivity index (χ1) is 9.82. The highest BCUT2D eigenvalue weighted by atomic mass is 19.4. The minimum absolute atomic E-state index is 0.228. The van der Waals surface area contributed by atoms with E-state index in [4.69, 9.17) is 4.74 Å². The topological polar surface area (TPSA) is 29.5 Å². The Labute approximate surface area is 118 Å². The number of methoxy groups -OCH3 is 1. The molecule has 0 fully saturated rings. The van der Waals surface area contributed by atoms with E-state index < -0.39 is 29.2 Å². The molecule has 0 bridgehead atoms. The molecule has 112 valence electrons. The van der Waals surface area contributed by atoms with Gasteiger partial charge in [0.1, 0.15) is 17.7 Å². The van der Waals surface area contributed by atoms with E-state index in [1.54, 1.807) is 12.1 Å². The van der Waals surface area contributed by atoms with Crippen LogP contribution in [0, 0.1) is 5.82 Å². The largest absolute Gasteiger partial charge is 0.497 e. The van der Waals surface area contributed by atoms with E-state index in [1.807, 2.05) is 0 Å². The van der Waals surface area contributed by atoms with Gasteiger partial charge in [-0.25, -0.2) is 4.39 Å². The van der Waals surface area contributed by atoms with Crippen molar-refractivity contribution in [3.63, 3.8) is 0 Å². The molecule has 0 saturated heterocycles. The van der Waals surface area contributed by atoms with Gasteiger partial charge in [0.15, 0.2) is 0 Å². The van der Waals surface area contributed by atoms with Crippen molar-refractivity contribution in [1.82, 2.24) is 0 Å². The zero-order chi connectivity index (χ0) is 15.6. The standard InChI is InChI=1S/C15H12F4O2/c1-21-11-4-2-3-9(7-11)14(20)12-6-5-10(16)8-13(12)15(17,18)19/h2-8,14,20H,1H3. The molecule has 0 saturated carbocycles. The minimum atomic E-state index is -4.75. The van der Waals surface area contributed by atoms with Crippen LogP contribution in [0.3, 0.4) is 0 Å². The summed E-state index contributed by atoms with van der Waals surface area (Å²) in [5, 5.41) is 10.2. The fraction of sp³-hybridized carbons (Fsp3) is 0.200. The summed E-state index contributed by atoms with van der Waals surface area (Å²) in [7, 11) is 1.41. The van der Waals surface area contributed by atoms with Crippen LogP contribution in [-0.2, 0) is 6.18 Å². The molecule has 2 aromatic carbocycles. The molecule has 6 heteroatoms. The van der Waals surface area contributed by atoms with Gasteiger partial charge in [-0.2, -0.15) is 13.2 Å². The second-order valence-electron chi connectivity index (χ2n) is 4.41. The van der Waals surface area contributed by atoms with Crippen molar-refractivity contribution in [2.75, 3.05) is 7.11 Å². The van der Waals surface area contributed by atoms with Gasteiger partial charge in [0.05, 0.1) is 12.7 Å². The summed E-state index contributed by atoms with van der Waals surface area (Å²) < 4.78 is 56.9. The second kappa shape index (κ2) is 5.73. The molecule has 1 atom stereocenters. The van der Waals surface area contributed by atoms with Crippen LogP contribution < -0.4 is 4.74 Å². The quantitative estimate of drug-likeness (QED) is 0.870. The van der Waals surface area contributed by atoms with Crippen molar-refractivity contribution in [3.05, 3.63) is 65.0 Å². The van der Waals surface area contributed by atoms with Crippen LogP contribution in [0.15, 0.2) is 42.5 Å². The van der Waals surface area contributed by atoms with Crippen molar-refractivity contribution in [2.24, 2.45) is 0 Å². The van der Waals surface area contributed by atoms with Crippen LogP contribution in [-0.4, -0.2) is 12.2 Å². The minimum Gasteiger partial charge on any atom is -0.497 e. The lowest BCUT2D eigenvalue weighted by Gasteiger charge is -2.18. The third-order valence-electron chi connectivity index (χ3n) is 3.02. The average Bonchev–Trinajstić information content (AvgIpc) is 2.45. The van der Waals surface area contributed by atoms with Crippen molar-refractivity contribution in [1.29, 1.82) is 0 Å². The Morgan fingerprint density at radius 1 is 1.10 bits per heavy atom. The van der Waals surface area contributed by atoms with Gasteiger partial charge in [-0.15, -0.1) is 0 Å². The lowest BCUT2D eigenvalue weighted by Crippen LogP contribution is -2.13. The van der Waals surface area contributed by atoms with Gasteiger partial charge in [0, 0.05) is 0 Å². The fourth-order valence-corrected chi connectivity index (χ4v) is 2.00. The molecule has 21 heavy (non-hydrogen) atoms. The highest BCUT2D eigenvalue weighted by molar-refractivity contribution is 5.40. The van der Waals surface area contributed by atoms with Crippen LogP contribution in [0.2, 0.25) is 0 Å². The van der Waals surface area contributed by atoms with Crippen LogP contribution in [0.1, 0.15) is 22.8 Å². The molecule has 0 spiro atoms. The Morgan fingerprint density at radius 2 is 1.81 bits per heavy atom. The lowest BCUT2D eigenvalue weighted by molar-refractivity contribution is -0.139. The van der Waals surface area contributed by atoms with E-state index in [0.29, 0.717) is 11.8 Å². The Balaban J connectivity index is 2.50. The van der Waals surface area contributed by atoms with Gasteiger partial charge in [0.25, 0.3) is 0 Å². The molecule has 2 nitrogen and oxygen atoms in total. The number of aliphatic hydroxyl groups is 1. The summed E-state index contributed by atoms with van der Waals surface area (Å²) in [6, 6.07) is 8.24. The lowest BCUT2D eigenvalue weighted by atomic mass is 9.96. The summed E-state index contributed by atoms with van der Waals surface area (Å²) in [5.41, 5.74) is -1.37. The molecule has 1 unspecified atom stereocenters. The molecular formula is C15H12F4O2. The van der Waals surface area contributed by atoms with E-state index in [9.17, 15) is 22.7 Å². The SMILES string of the molecule is COc1cccc(C(O)c2ccc(F)cc2C(F)(F)F)c1. The Morgan fingerprint density at radius 3 is 2.43 bits per heavy atom. The number of hydrogen-bond acceptors (Lipinski definition) is 2. The van der Waals surface area contributed by atoms with E-state index in [1.165, 1.54) is 19.2 Å². The molecule has 0 aliphatic heterocycles. The van der Waals surface area contributed by atoms with E-state index in [-0.39, 0.29) is 5.56 Å². The van der Waals surface area contributed by atoms with Crippen molar-refractivity contribution in [2.45, 2.75) is 12.3 Å². The first kappa shape index (κ1) is 15.3. The number of benzene rings is 2. The third kappa shape index (κ3) is 3.33. The second-order valence-corrected chi connectivity index (χ2v) is 4.41. The summed E-state index contributed by atoms with van der Waals surface area (Å²) in [4.78, 5) is 0. The molecular weight excluding hydrogens is 288 g/mol. The van der Waals surface area contributed by atoms with Gasteiger partial charge in [-0.3, -0.25) is 0 Å². The maximum Gasteiger partial charge on any atom is 0.416 e. The number of hydrogen-bond donors (Lipinski definition) is 1. The van der Waals surface area contributed by atoms with Gasteiger partial charge >= 0.3 is 6.18 Å². The molecule has 1 N–H and O–H groups in total. The fourth-order valence-electron chi connectivity index (χ4n) is 2.00. The Kier molecular flexibility index (Phi) is 4.18. The molecule has 0 aliphatic carbocycles. The molecule has 0 aliphatic rings. The van der Waals surface area contributed by atoms with E-state index >= 15 is 0 Å². The van der Waals surface area contributed by atoms with Crippen molar-refractivity contribution < 1.29 is 27.4 Å². The number of aliphatic hydroxyl groups excluding tert-OH is 1. The zero-order valence-electron chi connectivity index (χ0n) is 11.0. The number of rotatable bonds is 3. The predicted molar refractivity (Wildman–Crippen MR) is 68.5 cm³/mol. The maximum absolute atomic E-state index is 13.1. The van der Waals surface area contributed by atoms with Gasteiger partial charge in [0.2, 0.25) is 0 Å². The number of ether oxygens (including phenoxy) is 1. The number of alkyl halides is 3. The molecule has 2 aromatic rings. The predicted octanol–water partition coefficient (Wildman–Crippen LogP) is 3.93. The third-order valence-corrected chi connectivity index (χ3v) is 3.02. The van der Waals surface area contributed by atoms with Crippen LogP contribution in [0.5, 0.6) is 5.75 Å². The highest BCUT2D eigenvalue weighted by Gasteiger charge is 2.35. The summed E-state index contributed by atoms with van der Waals surface area (Å²) in [6.07, 6.45) is -6.28. The molecule has 0 heterocycles. The molecule has 2 rings (SSSR count). The zero-order valence-corrected chi connectivity index (χ0v) is 11.0. The molecule has 0 radical (unpaired) electrons.